The zero-order valence-corrected chi connectivity index (χ0v) is 14.2. The number of carbonyl (C=O) groups excluding carboxylic acids is 1. The first-order valence-electron chi connectivity index (χ1n) is 7.69. The van der Waals surface area contributed by atoms with E-state index in [1.807, 2.05) is 18.9 Å². The number of hydrogen-bond donors (Lipinski definition) is 1. The van der Waals surface area contributed by atoms with Gasteiger partial charge in [-0.25, -0.2) is 0 Å². The third-order valence-electron chi connectivity index (χ3n) is 5.12. The largest absolute Gasteiger partial charge is 0.383 e. The van der Waals surface area contributed by atoms with Gasteiger partial charge in [0.1, 0.15) is 6.04 Å². The van der Waals surface area contributed by atoms with Crippen LogP contribution in [-0.4, -0.2) is 56.4 Å². The molecule has 0 aromatic carbocycles. The molecular formula is C15H29ClN2O3. The van der Waals surface area contributed by atoms with Crippen molar-refractivity contribution in [3.05, 3.63) is 0 Å². The normalized spacial score (nSPS) is 27.8. The summed E-state index contributed by atoms with van der Waals surface area (Å²) in [5, 5.41) is 0. The molecule has 2 aliphatic rings. The maximum absolute atomic E-state index is 12.4. The molecule has 2 rings (SSSR count). The van der Waals surface area contributed by atoms with E-state index in [4.69, 9.17) is 15.2 Å². The van der Waals surface area contributed by atoms with Crippen LogP contribution in [0.4, 0.5) is 0 Å². The number of methoxy groups -OCH3 is 1. The Labute approximate surface area is 133 Å². The van der Waals surface area contributed by atoms with Crippen molar-refractivity contribution in [2.75, 3.05) is 27.4 Å². The van der Waals surface area contributed by atoms with E-state index in [0.29, 0.717) is 6.10 Å². The number of rotatable bonds is 6. The Morgan fingerprint density at radius 1 is 1.43 bits per heavy atom. The van der Waals surface area contributed by atoms with Crippen LogP contribution < -0.4 is 5.73 Å². The number of nitrogens with zero attached hydrogens (tertiary/aromatic N) is 1. The summed E-state index contributed by atoms with van der Waals surface area (Å²) in [6.45, 7) is 3.07. The van der Waals surface area contributed by atoms with Crippen LogP contribution >= 0.6 is 12.4 Å². The van der Waals surface area contributed by atoms with Crippen molar-refractivity contribution < 1.29 is 14.3 Å². The lowest BCUT2D eigenvalue weighted by atomic mass is 9.60. The highest BCUT2D eigenvalue weighted by Gasteiger charge is 2.58. The highest BCUT2D eigenvalue weighted by molar-refractivity contribution is 5.85. The topological polar surface area (TPSA) is 64.8 Å². The van der Waals surface area contributed by atoms with Crippen LogP contribution in [0.15, 0.2) is 0 Å². The Bertz CT molecular complexity index is 348. The zero-order chi connectivity index (χ0) is 14.8. The summed E-state index contributed by atoms with van der Waals surface area (Å²) in [6, 6.07) is -0.286. The first-order valence-corrected chi connectivity index (χ1v) is 7.69. The van der Waals surface area contributed by atoms with Gasteiger partial charge in [-0.05, 0) is 26.2 Å². The SMILES string of the molecule is CCOC1CC(N(C)C(=O)C(N)COC)C12CCCC2.Cl. The minimum Gasteiger partial charge on any atom is -0.383 e. The van der Waals surface area contributed by atoms with Gasteiger partial charge >= 0.3 is 0 Å². The smallest absolute Gasteiger partial charge is 0.241 e. The lowest BCUT2D eigenvalue weighted by Gasteiger charge is -2.57. The predicted octanol–water partition coefficient (Wildman–Crippen LogP) is 1.58. The van der Waals surface area contributed by atoms with E-state index >= 15 is 0 Å². The van der Waals surface area contributed by atoms with Crippen molar-refractivity contribution >= 4 is 18.3 Å². The van der Waals surface area contributed by atoms with Gasteiger partial charge in [0.25, 0.3) is 0 Å². The zero-order valence-electron chi connectivity index (χ0n) is 13.3. The first kappa shape index (κ1) is 18.7. The van der Waals surface area contributed by atoms with Crippen LogP contribution in [0.25, 0.3) is 0 Å². The van der Waals surface area contributed by atoms with Crippen LogP contribution in [0.1, 0.15) is 39.0 Å². The molecule has 6 heteroatoms. The number of carbonyl (C=O) groups is 1. The average Bonchev–Trinajstić information content (AvgIpc) is 2.94. The summed E-state index contributed by atoms with van der Waals surface area (Å²) in [4.78, 5) is 14.2. The van der Waals surface area contributed by atoms with Gasteiger partial charge in [0.15, 0.2) is 0 Å². The highest BCUT2D eigenvalue weighted by Crippen LogP contribution is 2.56. The van der Waals surface area contributed by atoms with Crippen molar-refractivity contribution in [2.45, 2.75) is 57.2 Å². The maximum atomic E-state index is 12.4. The molecule has 2 N–H and O–H groups in total. The van der Waals surface area contributed by atoms with Crippen LogP contribution in [0.3, 0.4) is 0 Å². The molecule has 0 aliphatic heterocycles. The number of likely N-dealkylation sites (N-methyl/N-ethyl adjacent to an activating group) is 1. The van der Waals surface area contributed by atoms with E-state index in [1.54, 1.807) is 7.11 Å². The Morgan fingerprint density at radius 2 is 2.05 bits per heavy atom. The second-order valence-electron chi connectivity index (χ2n) is 6.15. The van der Waals surface area contributed by atoms with E-state index in [1.165, 1.54) is 25.7 Å². The molecule has 2 saturated carbocycles. The number of amides is 1. The fourth-order valence-electron chi connectivity index (χ4n) is 4.06. The van der Waals surface area contributed by atoms with E-state index < -0.39 is 6.04 Å². The van der Waals surface area contributed by atoms with Crippen molar-refractivity contribution in [3.8, 4) is 0 Å². The molecule has 1 spiro atoms. The monoisotopic (exact) mass is 320 g/mol. The third-order valence-corrected chi connectivity index (χ3v) is 5.12. The van der Waals surface area contributed by atoms with Crippen LogP contribution in [-0.2, 0) is 14.3 Å². The van der Waals surface area contributed by atoms with Crippen LogP contribution in [0.5, 0.6) is 0 Å². The molecule has 0 heterocycles. The summed E-state index contributed by atoms with van der Waals surface area (Å²) in [5.41, 5.74) is 6.05. The first-order chi connectivity index (χ1) is 9.56. The van der Waals surface area contributed by atoms with Crippen LogP contribution in [0.2, 0.25) is 0 Å². The molecule has 0 aromatic heterocycles. The van der Waals surface area contributed by atoms with E-state index in [-0.39, 0.29) is 36.4 Å². The number of hydrogen-bond acceptors (Lipinski definition) is 4. The molecule has 124 valence electrons. The van der Waals surface area contributed by atoms with Crippen molar-refractivity contribution in [1.82, 2.24) is 4.90 Å². The fraction of sp³-hybridized carbons (Fsp3) is 0.933. The Balaban J connectivity index is 0.00000220. The standard InChI is InChI=1S/C15H28N2O3.ClH/c1-4-20-13-9-12(15(13)7-5-6-8-15)17(2)14(18)11(16)10-19-3;/h11-13H,4-10,16H2,1-3H3;1H. The van der Waals surface area contributed by atoms with Gasteiger partial charge in [0.2, 0.25) is 5.91 Å². The Morgan fingerprint density at radius 3 is 2.57 bits per heavy atom. The Hall–Kier alpha value is -0.360. The molecule has 3 atom stereocenters. The molecule has 0 saturated heterocycles. The molecule has 21 heavy (non-hydrogen) atoms. The average molecular weight is 321 g/mol. The summed E-state index contributed by atoms with van der Waals surface area (Å²) in [7, 11) is 3.45. The van der Waals surface area contributed by atoms with E-state index in [9.17, 15) is 4.79 Å². The van der Waals surface area contributed by atoms with Crippen molar-refractivity contribution in [1.29, 1.82) is 0 Å². The van der Waals surface area contributed by atoms with Gasteiger partial charge in [0.05, 0.1) is 12.7 Å². The molecule has 1 amide bonds. The lowest BCUT2D eigenvalue weighted by Crippen LogP contribution is -2.65. The molecule has 0 aromatic rings. The molecule has 5 nitrogen and oxygen atoms in total. The van der Waals surface area contributed by atoms with Gasteiger partial charge in [-0.1, -0.05) is 12.8 Å². The third kappa shape index (κ3) is 3.36. The molecule has 2 aliphatic carbocycles. The van der Waals surface area contributed by atoms with E-state index in [0.717, 1.165) is 13.0 Å². The quantitative estimate of drug-likeness (QED) is 0.807. The molecule has 0 radical (unpaired) electrons. The van der Waals surface area contributed by atoms with Crippen molar-refractivity contribution in [2.24, 2.45) is 11.1 Å². The number of halogens is 1. The van der Waals surface area contributed by atoms with Gasteiger partial charge in [-0.15, -0.1) is 12.4 Å². The minimum absolute atomic E-state index is 0. The van der Waals surface area contributed by atoms with Gasteiger partial charge in [-0.2, -0.15) is 0 Å². The van der Waals surface area contributed by atoms with Crippen LogP contribution in [0, 0.1) is 5.41 Å². The predicted molar refractivity (Wildman–Crippen MR) is 84.6 cm³/mol. The number of nitrogens with two attached hydrogens (primary N) is 1. The van der Waals surface area contributed by atoms with E-state index in [2.05, 4.69) is 0 Å². The van der Waals surface area contributed by atoms with Crippen molar-refractivity contribution in [3.63, 3.8) is 0 Å². The van der Waals surface area contributed by atoms with Gasteiger partial charge < -0.3 is 20.1 Å². The van der Waals surface area contributed by atoms with Gasteiger partial charge in [-0.3, -0.25) is 4.79 Å². The lowest BCUT2D eigenvalue weighted by molar-refractivity contribution is -0.173. The summed E-state index contributed by atoms with van der Waals surface area (Å²) >= 11 is 0. The fourth-order valence-corrected chi connectivity index (χ4v) is 4.06. The summed E-state index contributed by atoms with van der Waals surface area (Å²) in [5.74, 6) is -0.0157. The maximum Gasteiger partial charge on any atom is 0.241 e. The molecule has 3 unspecified atom stereocenters. The number of ether oxygens (including phenoxy) is 2. The summed E-state index contributed by atoms with van der Waals surface area (Å²) in [6.07, 6.45) is 6.07. The molecule has 0 bridgehead atoms. The molecule has 2 fully saturated rings. The second kappa shape index (κ2) is 7.77. The second-order valence-corrected chi connectivity index (χ2v) is 6.15. The Kier molecular flexibility index (Phi) is 6.91. The highest BCUT2D eigenvalue weighted by atomic mass is 35.5. The molecular weight excluding hydrogens is 292 g/mol. The van der Waals surface area contributed by atoms with Gasteiger partial charge in [0, 0.05) is 32.2 Å². The minimum atomic E-state index is -0.561. The summed E-state index contributed by atoms with van der Waals surface area (Å²) < 4.78 is 10.9.